The molecule has 0 aliphatic heterocycles. The van der Waals surface area contributed by atoms with Gasteiger partial charge < -0.3 is 15.2 Å². The van der Waals surface area contributed by atoms with Crippen molar-refractivity contribution in [2.75, 3.05) is 13.2 Å². The minimum atomic E-state index is -1.06. The molecule has 0 spiro atoms. The van der Waals surface area contributed by atoms with Crippen LogP contribution in [-0.2, 0) is 11.3 Å². The Morgan fingerprint density at radius 3 is 2.67 bits per heavy atom. The molecule has 0 aliphatic carbocycles. The van der Waals surface area contributed by atoms with Crippen LogP contribution in [0.15, 0.2) is 18.2 Å². The number of hydrogen-bond donors (Lipinski definition) is 2. The van der Waals surface area contributed by atoms with Crippen LogP contribution in [0.2, 0.25) is 0 Å². The molecule has 2 N–H and O–H groups in total. The van der Waals surface area contributed by atoms with Gasteiger partial charge >= 0.3 is 5.97 Å². The maximum absolute atomic E-state index is 13.9. The number of carbonyl (C=O) groups is 1. The van der Waals surface area contributed by atoms with Crippen molar-refractivity contribution in [2.45, 2.75) is 34.2 Å². The van der Waals surface area contributed by atoms with E-state index in [2.05, 4.69) is 19.2 Å². The summed E-state index contributed by atoms with van der Waals surface area (Å²) in [6.07, 6.45) is 0. The van der Waals surface area contributed by atoms with E-state index < -0.39 is 17.2 Å². The first-order valence-electron chi connectivity index (χ1n) is 7.08. The highest BCUT2D eigenvalue weighted by atomic mass is 19.1. The van der Waals surface area contributed by atoms with E-state index >= 15 is 0 Å². The van der Waals surface area contributed by atoms with Crippen molar-refractivity contribution in [3.63, 3.8) is 0 Å². The number of ether oxygens (including phenoxy) is 1. The molecular formula is C16H24FNO3. The van der Waals surface area contributed by atoms with Crippen LogP contribution in [-0.4, -0.2) is 24.2 Å². The molecule has 0 saturated heterocycles. The van der Waals surface area contributed by atoms with Gasteiger partial charge in [-0.15, -0.1) is 0 Å². The zero-order valence-corrected chi connectivity index (χ0v) is 13.1. The molecular weight excluding hydrogens is 273 g/mol. The highest BCUT2D eigenvalue weighted by Gasteiger charge is 2.29. The van der Waals surface area contributed by atoms with E-state index in [1.807, 2.05) is 0 Å². The van der Waals surface area contributed by atoms with Gasteiger partial charge in [0.25, 0.3) is 0 Å². The average molecular weight is 297 g/mol. The lowest BCUT2D eigenvalue weighted by molar-refractivity contribution is -0.148. The Morgan fingerprint density at radius 2 is 2.10 bits per heavy atom. The molecule has 0 aliphatic rings. The maximum Gasteiger partial charge on any atom is 0.312 e. The molecule has 0 saturated carbocycles. The Bertz CT molecular complexity index is 486. The summed E-state index contributed by atoms with van der Waals surface area (Å²) in [7, 11) is 0. The van der Waals surface area contributed by atoms with Gasteiger partial charge in [0, 0.05) is 12.1 Å². The highest BCUT2D eigenvalue weighted by molar-refractivity contribution is 5.73. The first-order valence-corrected chi connectivity index (χ1v) is 7.08. The second kappa shape index (κ2) is 7.41. The van der Waals surface area contributed by atoms with Gasteiger partial charge in [-0.05, 0) is 32.4 Å². The average Bonchev–Trinajstić information content (AvgIpc) is 2.37. The molecule has 0 unspecified atom stereocenters. The van der Waals surface area contributed by atoms with E-state index in [1.54, 1.807) is 26.0 Å². The second-order valence-corrected chi connectivity index (χ2v) is 6.23. The molecule has 21 heavy (non-hydrogen) atoms. The van der Waals surface area contributed by atoms with Gasteiger partial charge in [-0.25, -0.2) is 4.39 Å². The van der Waals surface area contributed by atoms with E-state index in [0.29, 0.717) is 18.0 Å². The van der Waals surface area contributed by atoms with Crippen molar-refractivity contribution >= 4 is 5.97 Å². The SMILES string of the molecule is CC(C)CNCc1cccc(F)c1OCC(C)(C)C(=O)O. The molecule has 0 fully saturated rings. The number of hydrogen-bond acceptors (Lipinski definition) is 3. The van der Waals surface area contributed by atoms with Crippen LogP contribution < -0.4 is 10.1 Å². The quantitative estimate of drug-likeness (QED) is 0.774. The molecule has 0 amide bonds. The predicted molar refractivity (Wildman–Crippen MR) is 79.9 cm³/mol. The molecule has 0 heterocycles. The van der Waals surface area contributed by atoms with Crippen molar-refractivity contribution in [2.24, 2.45) is 11.3 Å². The van der Waals surface area contributed by atoms with Gasteiger partial charge in [0.1, 0.15) is 6.61 Å². The molecule has 0 atom stereocenters. The zero-order chi connectivity index (χ0) is 16.0. The molecule has 5 heteroatoms. The smallest absolute Gasteiger partial charge is 0.312 e. The van der Waals surface area contributed by atoms with Crippen LogP contribution >= 0.6 is 0 Å². The van der Waals surface area contributed by atoms with Crippen LogP contribution in [0.4, 0.5) is 4.39 Å². The number of rotatable bonds is 8. The summed E-state index contributed by atoms with van der Waals surface area (Å²) in [5.41, 5.74) is -0.373. The lowest BCUT2D eigenvalue weighted by atomic mass is 9.95. The van der Waals surface area contributed by atoms with Gasteiger partial charge in [0.2, 0.25) is 0 Å². The summed E-state index contributed by atoms with van der Waals surface area (Å²) >= 11 is 0. The van der Waals surface area contributed by atoms with Gasteiger partial charge in [0.05, 0.1) is 5.41 Å². The Kier molecular flexibility index (Phi) is 6.15. The van der Waals surface area contributed by atoms with E-state index in [9.17, 15) is 9.18 Å². The maximum atomic E-state index is 13.9. The standard InChI is InChI=1S/C16H24FNO3/c1-11(2)8-18-9-12-6-5-7-13(17)14(12)21-10-16(3,4)15(19)20/h5-7,11,18H,8-10H2,1-4H3,(H,19,20). The summed E-state index contributed by atoms with van der Waals surface area (Å²) in [6.45, 7) is 8.49. The zero-order valence-electron chi connectivity index (χ0n) is 13.1. The van der Waals surface area contributed by atoms with Crippen LogP contribution in [0.1, 0.15) is 33.3 Å². The van der Waals surface area contributed by atoms with E-state index in [4.69, 9.17) is 9.84 Å². The Morgan fingerprint density at radius 1 is 1.43 bits per heavy atom. The molecule has 118 valence electrons. The lowest BCUT2D eigenvalue weighted by Gasteiger charge is -2.21. The van der Waals surface area contributed by atoms with Crippen molar-refractivity contribution in [3.8, 4) is 5.75 Å². The van der Waals surface area contributed by atoms with Crippen LogP contribution in [0.3, 0.4) is 0 Å². The first kappa shape index (κ1) is 17.4. The van der Waals surface area contributed by atoms with Crippen molar-refractivity contribution in [3.05, 3.63) is 29.6 Å². The third-order valence-corrected chi connectivity index (χ3v) is 3.07. The monoisotopic (exact) mass is 297 g/mol. The number of benzene rings is 1. The van der Waals surface area contributed by atoms with E-state index in [0.717, 1.165) is 6.54 Å². The molecule has 0 radical (unpaired) electrons. The third-order valence-electron chi connectivity index (χ3n) is 3.07. The number of nitrogens with one attached hydrogen (secondary N) is 1. The van der Waals surface area contributed by atoms with E-state index in [1.165, 1.54) is 6.07 Å². The van der Waals surface area contributed by atoms with Crippen molar-refractivity contribution < 1.29 is 19.0 Å². The van der Waals surface area contributed by atoms with E-state index in [-0.39, 0.29) is 12.4 Å². The number of carboxylic acids is 1. The minimum absolute atomic E-state index is 0.0829. The predicted octanol–water partition coefficient (Wildman–Crippen LogP) is 3.06. The van der Waals surface area contributed by atoms with Crippen molar-refractivity contribution in [1.82, 2.24) is 5.32 Å². The molecule has 1 aromatic rings. The Labute approximate surface area is 125 Å². The first-order chi connectivity index (χ1) is 9.74. The molecule has 1 rings (SSSR count). The Balaban J connectivity index is 2.78. The summed E-state index contributed by atoms with van der Waals surface area (Å²) in [6, 6.07) is 4.71. The van der Waals surface area contributed by atoms with Gasteiger partial charge in [-0.2, -0.15) is 0 Å². The lowest BCUT2D eigenvalue weighted by Crippen LogP contribution is -2.31. The fourth-order valence-corrected chi connectivity index (χ4v) is 1.66. The largest absolute Gasteiger partial charge is 0.489 e. The minimum Gasteiger partial charge on any atom is -0.489 e. The van der Waals surface area contributed by atoms with Crippen LogP contribution in [0, 0.1) is 17.2 Å². The van der Waals surface area contributed by atoms with Crippen LogP contribution in [0.5, 0.6) is 5.75 Å². The molecule has 0 aromatic heterocycles. The number of carboxylic acid groups (broad SMARTS) is 1. The number of aliphatic carboxylic acids is 1. The summed E-state index contributed by atoms with van der Waals surface area (Å²) < 4.78 is 19.4. The van der Waals surface area contributed by atoms with Gasteiger partial charge in [0.15, 0.2) is 11.6 Å². The van der Waals surface area contributed by atoms with Gasteiger partial charge in [-0.3, -0.25) is 4.79 Å². The topological polar surface area (TPSA) is 58.6 Å². The normalized spacial score (nSPS) is 11.7. The number of para-hydroxylation sites is 1. The second-order valence-electron chi connectivity index (χ2n) is 6.23. The van der Waals surface area contributed by atoms with Crippen molar-refractivity contribution in [1.29, 1.82) is 0 Å². The summed E-state index contributed by atoms with van der Waals surface area (Å²) in [4.78, 5) is 11.1. The molecule has 1 aromatic carbocycles. The summed E-state index contributed by atoms with van der Waals surface area (Å²) in [5.74, 6) is -0.824. The molecule has 4 nitrogen and oxygen atoms in total. The van der Waals surface area contributed by atoms with Gasteiger partial charge in [-0.1, -0.05) is 26.0 Å². The third kappa shape index (κ3) is 5.34. The fourth-order valence-electron chi connectivity index (χ4n) is 1.66. The highest BCUT2D eigenvalue weighted by Crippen LogP contribution is 2.25. The summed E-state index contributed by atoms with van der Waals surface area (Å²) in [5, 5.41) is 12.3. The molecule has 0 bridgehead atoms. The number of halogens is 1. The fraction of sp³-hybridized carbons (Fsp3) is 0.562. The van der Waals surface area contributed by atoms with Crippen LogP contribution in [0.25, 0.3) is 0 Å². The Hall–Kier alpha value is -1.62.